The van der Waals surface area contributed by atoms with Crippen molar-refractivity contribution < 1.29 is 13.2 Å². The van der Waals surface area contributed by atoms with E-state index in [9.17, 15) is 13.2 Å². The van der Waals surface area contributed by atoms with Crippen molar-refractivity contribution in [2.45, 2.75) is 30.7 Å². The molecule has 0 saturated heterocycles. The lowest BCUT2D eigenvalue weighted by Crippen LogP contribution is -2.33. The van der Waals surface area contributed by atoms with Crippen LogP contribution < -0.4 is 9.62 Å². The van der Waals surface area contributed by atoms with Crippen LogP contribution in [0.25, 0.3) is 11.5 Å². The van der Waals surface area contributed by atoms with Gasteiger partial charge in [0.1, 0.15) is 5.69 Å². The minimum atomic E-state index is -3.65. The summed E-state index contributed by atoms with van der Waals surface area (Å²) in [7, 11) is -3.65. The Kier molecular flexibility index (Phi) is 4.63. The summed E-state index contributed by atoms with van der Waals surface area (Å²) in [6.07, 6.45) is 6.90. The van der Waals surface area contributed by atoms with E-state index >= 15 is 0 Å². The molecule has 4 heterocycles. The number of nitrogens with zero attached hydrogens (tertiary/aromatic N) is 4. The monoisotopic (exact) mass is 423 g/mol. The molecule has 9 heteroatoms. The van der Waals surface area contributed by atoms with E-state index in [1.54, 1.807) is 29.4 Å². The SMILES string of the molecule is O=C1CCc2cc(S(=O)(=O)NCCn3ccnc3-c3ccccn3)cc3c2N1CC3. The van der Waals surface area contributed by atoms with E-state index in [0.717, 1.165) is 22.5 Å². The summed E-state index contributed by atoms with van der Waals surface area (Å²) < 4.78 is 30.4. The fraction of sp³-hybridized carbons (Fsp3) is 0.286. The lowest BCUT2D eigenvalue weighted by Gasteiger charge is -2.25. The summed E-state index contributed by atoms with van der Waals surface area (Å²) in [5.41, 5.74) is 3.54. The minimum absolute atomic E-state index is 0.124. The molecule has 0 bridgehead atoms. The van der Waals surface area contributed by atoms with Crippen LogP contribution in [-0.4, -0.2) is 41.9 Å². The van der Waals surface area contributed by atoms with Gasteiger partial charge in [-0.1, -0.05) is 6.07 Å². The predicted octanol–water partition coefficient (Wildman–Crippen LogP) is 1.76. The molecule has 2 aromatic heterocycles. The number of rotatable bonds is 6. The van der Waals surface area contributed by atoms with E-state index in [1.165, 1.54) is 0 Å². The molecule has 0 saturated carbocycles. The van der Waals surface area contributed by atoms with Gasteiger partial charge in [0.15, 0.2) is 5.82 Å². The van der Waals surface area contributed by atoms with Crippen LogP contribution in [0.15, 0.2) is 53.8 Å². The standard InChI is InChI=1S/C21H21N5O3S/c27-19-5-4-15-13-17(14-16-6-10-26(19)20(15)16)30(28,29)24-9-12-25-11-8-23-21(25)18-3-1-2-7-22-18/h1-3,7-8,11,13-14,24H,4-6,9-10,12H2. The molecule has 0 aliphatic carbocycles. The number of aromatic nitrogens is 3. The molecule has 8 nitrogen and oxygen atoms in total. The largest absolute Gasteiger partial charge is 0.328 e. The zero-order valence-electron chi connectivity index (χ0n) is 16.3. The number of amides is 1. The van der Waals surface area contributed by atoms with Gasteiger partial charge in [-0.2, -0.15) is 0 Å². The maximum Gasteiger partial charge on any atom is 0.240 e. The van der Waals surface area contributed by atoms with E-state index in [-0.39, 0.29) is 17.3 Å². The molecular weight excluding hydrogens is 402 g/mol. The van der Waals surface area contributed by atoms with Crippen molar-refractivity contribution >= 4 is 21.6 Å². The van der Waals surface area contributed by atoms with Gasteiger partial charge in [0.25, 0.3) is 0 Å². The third kappa shape index (κ3) is 3.29. The number of imidazole rings is 1. The second kappa shape index (κ2) is 7.33. The van der Waals surface area contributed by atoms with Crippen molar-refractivity contribution in [3.05, 3.63) is 60.0 Å². The Morgan fingerprint density at radius 3 is 2.67 bits per heavy atom. The fourth-order valence-electron chi connectivity index (χ4n) is 4.18. The Hall–Kier alpha value is -3.04. The summed E-state index contributed by atoms with van der Waals surface area (Å²) in [4.78, 5) is 22.8. The first-order valence-electron chi connectivity index (χ1n) is 9.91. The van der Waals surface area contributed by atoms with Gasteiger partial charge in [-0.05, 0) is 48.2 Å². The summed E-state index contributed by atoms with van der Waals surface area (Å²) >= 11 is 0. The number of hydrogen-bond donors (Lipinski definition) is 1. The van der Waals surface area contributed by atoms with Gasteiger partial charge < -0.3 is 9.47 Å². The number of anilines is 1. The number of carbonyl (C=O) groups is 1. The van der Waals surface area contributed by atoms with Crippen LogP contribution in [0.4, 0.5) is 5.69 Å². The zero-order chi connectivity index (χ0) is 20.7. The third-order valence-corrected chi connectivity index (χ3v) is 7.03. The summed E-state index contributed by atoms with van der Waals surface area (Å²) in [6, 6.07) is 9.01. The maximum atomic E-state index is 12.9. The van der Waals surface area contributed by atoms with Crippen molar-refractivity contribution in [3.63, 3.8) is 0 Å². The number of hydrogen-bond acceptors (Lipinski definition) is 5. The van der Waals surface area contributed by atoms with E-state index in [1.807, 2.05) is 29.0 Å². The number of carbonyl (C=O) groups excluding carboxylic acids is 1. The fourth-order valence-corrected chi connectivity index (χ4v) is 5.30. The highest BCUT2D eigenvalue weighted by Crippen LogP contribution is 2.38. The van der Waals surface area contributed by atoms with Gasteiger partial charge in [-0.3, -0.25) is 9.78 Å². The lowest BCUT2D eigenvalue weighted by atomic mass is 10.00. The molecule has 1 N–H and O–H groups in total. The molecule has 2 aliphatic heterocycles. The molecule has 2 aliphatic rings. The van der Waals surface area contributed by atoms with E-state index in [0.29, 0.717) is 38.2 Å². The molecule has 5 rings (SSSR count). The molecule has 3 aromatic rings. The summed E-state index contributed by atoms with van der Waals surface area (Å²) in [6.45, 7) is 1.30. The Bertz CT molecular complexity index is 1220. The van der Waals surface area contributed by atoms with Gasteiger partial charge in [0, 0.05) is 44.6 Å². The highest BCUT2D eigenvalue weighted by molar-refractivity contribution is 7.89. The molecule has 30 heavy (non-hydrogen) atoms. The van der Waals surface area contributed by atoms with Crippen LogP contribution >= 0.6 is 0 Å². The first-order chi connectivity index (χ1) is 14.5. The number of aryl methyl sites for hydroxylation is 1. The smallest absolute Gasteiger partial charge is 0.240 e. The van der Waals surface area contributed by atoms with Gasteiger partial charge in [0.2, 0.25) is 15.9 Å². The van der Waals surface area contributed by atoms with Crippen LogP contribution in [0, 0.1) is 0 Å². The predicted molar refractivity (Wildman–Crippen MR) is 111 cm³/mol. The van der Waals surface area contributed by atoms with Gasteiger partial charge in [0.05, 0.1) is 10.6 Å². The number of sulfonamides is 1. The minimum Gasteiger partial charge on any atom is -0.328 e. The highest BCUT2D eigenvalue weighted by atomic mass is 32.2. The third-order valence-electron chi connectivity index (χ3n) is 5.59. The Morgan fingerprint density at radius 2 is 1.87 bits per heavy atom. The highest BCUT2D eigenvalue weighted by Gasteiger charge is 2.32. The number of benzene rings is 1. The summed E-state index contributed by atoms with van der Waals surface area (Å²) in [5.74, 6) is 0.820. The maximum absolute atomic E-state index is 12.9. The topological polar surface area (TPSA) is 97.2 Å². The van der Waals surface area contributed by atoms with Crippen LogP contribution in [0.1, 0.15) is 17.5 Å². The Labute approximate surface area is 174 Å². The molecular formula is C21H21N5O3S. The molecule has 0 fully saturated rings. The zero-order valence-corrected chi connectivity index (χ0v) is 17.1. The quantitative estimate of drug-likeness (QED) is 0.652. The number of pyridine rings is 1. The van der Waals surface area contributed by atoms with Gasteiger partial charge in [-0.15, -0.1) is 0 Å². The van der Waals surface area contributed by atoms with Crippen LogP contribution in [0.2, 0.25) is 0 Å². The second-order valence-electron chi connectivity index (χ2n) is 7.44. The molecule has 0 radical (unpaired) electrons. The van der Waals surface area contributed by atoms with E-state index < -0.39 is 10.0 Å². The second-order valence-corrected chi connectivity index (χ2v) is 9.21. The van der Waals surface area contributed by atoms with Crippen molar-refractivity contribution in [1.29, 1.82) is 0 Å². The first kappa shape index (κ1) is 19.0. The molecule has 0 atom stereocenters. The number of nitrogens with one attached hydrogen (secondary N) is 1. The first-order valence-corrected chi connectivity index (χ1v) is 11.4. The van der Waals surface area contributed by atoms with Crippen molar-refractivity contribution in [2.24, 2.45) is 0 Å². The van der Waals surface area contributed by atoms with E-state index in [2.05, 4.69) is 14.7 Å². The normalized spacial score (nSPS) is 15.5. The Balaban J connectivity index is 1.33. The van der Waals surface area contributed by atoms with E-state index in [4.69, 9.17) is 0 Å². The Morgan fingerprint density at radius 1 is 1.03 bits per heavy atom. The molecule has 0 spiro atoms. The summed E-state index contributed by atoms with van der Waals surface area (Å²) in [5, 5.41) is 0. The van der Waals surface area contributed by atoms with Crippen LogP contribution in [-0.2, 0) is 34.2 Å². The molecule has 1 amide bonds. The van der Waals surface area contributed by atoms with Gasteiger partial charge >= 0.3 is 0 Å². The van der Waals surface area contributed by atoms with Crippen molar-refractivity contribution in [3.8, 4) is 11.5 Å². The average molecular weight is 423 g/mol. The van der Waals surface area contributed by atoms with Gasteiger partial charge in [-0.25, -0.2) is 18.1 Å². The van der Waals surface area contributed by atoms with Crippen LogP contribution in [0.5, 0.6) is 0 Å². The van der Waals surface area contributed by atoms with Crippen molar-refractivity contribution in [1.82, 2.24) is 19.3 Å². The molecule has 1 aromatic carbocycles. The van der Waals surface area contributed by atoms with Crippen LogP contribution in [0.3, 0.4) is 0 Å². The molecule has 0 unspecified atom stereocenters. The van der Waals surface area contributed by atoms with Crippen molar-refractivity contribution in [2.75, 3.05) is 18.0 Å². The molecule has 154 valence electrons. The average Bonchev–Trinajstić information content (AvgIpc) is 3.39. The lowest BCUT2D eigenvalue weighted by molar-refractivity contribution is -0.118.